The van der Waals surface area contributed by atoms with Crippen LogP contribution in [0.15, 0.2) is 0 Å². The fourth-order valence-corrected chi connectivity index (χ4v) is 6.75. The van der Waals surface area contributed by atoms with Gasteiger partial charge in [0.05, 0.1) is 11.2 Å². The quantitative estimate of drug-likeness (QED) is 0.776. The van der Waals surface area contributed by atoms with E-state index >= 15 is 0 Å². The van der Waals surface area contributed by atoms with Crippen LogP contribution in [0.5, 0.6) is 0 Å². The van der Waals surface area contributed by atoms with Crippen molar-refractivity contribution in [1.82, 2.24) is 0 Å². The Kier molecular flexibility index (Phi) is 3.25. The monoisotopic (exact) mass is 291 g/mol. The van der Waals surface area contributed by atoms with E-state index < -0.39 is 0 Å². The Balaban J connectivity index is 1.59. The maximum atomic E-state index is 6.79. The molecule has 0 aromatic rings. The van der Waals surface area contributed by atoms with Gasteiger partial charge in [0.15, 0.2) is 0 Å². The Morgan fingerprint density at radius 1 is 0.905 bits per heavy atom. The lowest BCUT2D eigenvalue weighted by Gasteiger charge is -2.62. The molecule has 3 saturated carbocycles. The lowest BCUT2D eigenvalue weighted by Crippen LogP contribution is -2.66. The predicted octanol–water partition coefficient (Wildman–Crippen LogP) is 4.41. The summed E-state index contributed by atoms with van der Waals surface area (Å²) in [7, 11) is 0. The molecule has 1 spiro atoms. The number of rotatable bonds is 1. The number of nitrogens with two attached hydrogens (primary N) is 1. The second-order valence-electron chi connectivity index (χ2n) is 9.28. The van der Waals surface area contributed by atoms with Gasteiger partial charge < -0.3 is 10.5 Å². The Morgan fingerprint density at radius 3 is 2.29 bits per heavy atom. The minimum absolute atomic E-state index is 0.00377. The van der Waals surface area contributed by atoms with Gasteiger partial charge in [-0.2, -0.15) is 0 Å². The minimum atomic E-state index is -0.00377. The van der Waals surface area contributed by atoms with E-state index in [0.29, 0.717) is 17.4 Å². The average Bonchev–Trinajstić information content (AvgIpc) is 2.85. The third-order valence-electron chi connectivity index (χ3n) is 7.68. The van der Waals surface area contributed by atoms with Crippen molar-refractivity contribution < 1.29 is 4.74 Å². The summed E-state index contributed by atoms with van der Waals surface area (Å²) in [5.74, 6) is 1.35. The van der Waals surface area contributed by atoms with Crippen LogP contribution >= 0.6 is 0 Å². The fraction of sp³-hybridized carbons (Fsp3) is 1.00. The first-order valence-corrected chi connectivity index (χ1v) is 9.41. The summed E-state index contributed by atoms with van der Waals surface area (Å²) in [4.78, 5) is 0. The molecule has 2 saturated heterocycles. The van der Waals surface area contributed by atoms with E-state index in [1.54, 1.807) is 0 Å². The van der Waals surface area contributed by atoms with Crippen LogP contribution in [0.2, 0.25) is 0 Å². The van der Waals surface area contributed by atoms with Gasteiger partial charge in [0.25, 0.3) is 0 Å². The average molecular weight is 291 g/mol. The standard InChI is InChI=1S/C19H33NO/c1-17(2)15-7-11-19(21-17,13-16(15)20)14-6-5-10-18(12-14)8-3-4-9-18/h14-16H,3-13,20H2,1-2H3/t14-,15-,16-,19+/m1/s1. The molecule has 0 aromatic carbocycles. The highest BCUT2D eigenvalue weighted by atomic mass is 16.5. The molecule has 4 atom stereocenters. The molecule has 5 fully saturated rings. The van der Waals surface area contributed by atoms with Crippen LogP contribution in [-0.4, -0.2) is 17.2 Å². The van der Waals surface area contributed by atoms with Crippen molar-refractivity contribution >= 4 is 0 Å². The molecule has 0 amide bonds. The summed E-state index contributed by atoms with van der Waals surface area (Å²) in [6.45, 7) is 4.58. The zero-order valence-electron chi connectivity index (χ0n) is 14.0. The van der Waals surface area contributed by atoms with E-state index in [2.05, 4.69) is 13.8 Å². The largest absolute Gasteiger partial charge is 0.368 e. The van der Waals surface area contributed by atoms with Crippen LogP contribution in [0.3, 0.4) is 0 Å². The van der Waals surface area contributed by atoms with E-state index in [0.717, 1.165) is 12.3 Å². The highest BCUT2D eigenvalue weighted by molar-refractivity contribution is 5.10. The molecule has 0 unspecified atom stereocenters. The van der Waals surface area contributed by atoms with Crippen molar-refractivity contribution in [3.8, 4) is 0 Å². The molecule has 2 nitrogen and oxygen atoms in total. The van der Waals surface area contributed by atoms with Gasteiger partial charge in [0.2, 0.25) is 0 Å². The smallest absolute Gasteiger partial charge is 0.0733 e. The van der Waals surface area contributed by atoms with Gasteiger partial charge in [-0.15, -0.1) is 0 Å². The van der Waals surface area contributed by atoms with E-state index in [1.807, 2.05) is 0 Å². The molecule has 0 radical (unpaired) electrons. The SMILES string of the molecule is CC1(C)O[C@@]2([C@@H]3CCCC4(CCCC4)C3)CC[C@@H]1[C@H](N)C2. The molecule has 2 N–H and O–H groups in total. The van der Waals surface area contributed by atoms with E-state index in [9.17, 15) is 0 Å². The summed E-state index contributed by atoms with van der Waals surface area (Å²) in [5.41, 5.74) is 7.35. The van der Waals surface area contributed by atoms with Gasteiger partial charge in [0, 0.05) is 12.0 Å². The van der Waals surface area contributed by atoms with Crippen LogP contribution in [0.25, 0.3) is 0 Å². The lowest BCUT2D eigenvalue weighted by atomic mass is 9.56. The first-order valence-electron chi connectivity index (χ1n) is 9.41. The molecular formula is C19H33NO. The molecule has 5 aliphatic rings. The molecule has 2 aliphatic heterocycles. The number of hydrogen-bond donors (Lipinski definition) is 1. The maximum Gasteiger partial charge on any atom is 0.0733 e. The Hall–Kier alpha value is -0.0800. The maximum absolute atomic E-state index is 6.79. The van der Waals surface area contributed by atoms with Crippen LogP contribution in [-0.2, 0) is 4.74 Å². The molecular weight excluding hydrogens is 258 g/mol. The van der Waals surface area contributed by atoms with Gasteiger partial charge in [0.1, 0.15) is 0 Å². The molecule has 2 bridgehead atoms. The van der Waals surface area contributed by atoms with Crippen molar-refractivity contribution in [2.24, 2.45) is 23.0 Å². The number of ether oxygens (including phenoxy) is 1. The topological polar surface area (TPSA) is 35.2 Å². The predicted molar refractivity (Wildman–Crippen MR) is 86.1 cm³/mol. The highest BCUT2D eigenvalue weighted by Crippen LogP contribution is 2.59. The number of hydrogen-bond acceptors (Lipinski definition) is 2. The summed E-state index contributed by atoms with van der Waals surface area (Å²) >= 11 is 0. The molecule has 21 heavy (non-hydrogen) atoms. The lowest BCUT2D eigenvalue weighted by molar-refractivity contribution is -0.271. The molecule has 3 aliphatic carbocycles. The van der Waals surface area contributed by atoms with Crippen molar-refractivity contribution in [3.63, 3.8) is 0 Å². The molecule has 2 heteroatoms. The van der Waals surface area contributed by atoms with E-state index in [1.165, 1.54) is 64.2 Å². The van der Waals surface area contributed by atoms with Gasteiger partial charge in [-0.1, -0.05) is 19.3 Å². The molecule has 120 valence electrons. The van der Waals surface area contributed by atoms with E-state index in [-0.39, 0.29) is 11.2 Å². The Morgan fingerprint density at radius 2 is 1.62 bits per heavy atom. The normalized spacial score (nSPS) is 47.9. The number of fused-ring (bicyclic) bond motifs is 3. The second-order valence-corrected chi connectivity index (χ2v) is 9.28. The minimum Gasteiger partial charge on any atom is -0.368 e. The second kappa shape index (κ2) is 4.71. The summed E-state index contributed by atoms with van der Waals surface area (Å²) < 4.78 is 6.79. The first kappa shape index (κ1) is 14.5. The third kappa shape index (κ3) is 2.20. The van der Waals surface area contributed by atoms with E-state index in [4.69, 9.17) is 10.5 Å². The fourth-order valence-electron chi connectivity index (χ4n) is 6.75. The summed E-state index contributed by atoms with van der Waals surface area (Å²) in [6.07, 6.45) is 15.3. The molecule has 5 rings (SSSR count). The van der Waals surface area contributed by atoms with Crippen LogP contribution in [0.4, 0.5) is 0 Å². The zero-order chi connectivity index (χ0) is 14.7. The van der Waals surface area contributed by atoms with Crippen LogP contribution in [0.1, 0.15) is 84.5 Å². The first-order chi connectivity index (χ1) is 9.95. The Bertz CT molecular complexity index is 412. The van der Waals surface area contributed by atoms with Crippen molar-refractivity contribution in [1.29, 1.82) is 0 Å². The van der Waals surface area contributed by atoms with Crippen molar-refractivity contribution in [3.05, 3.63) is 0 Å². The molecule has 2 heterocycles. The summed E-state index contributed by atoms with van der Waals surface area (Å²) in [5, 5.41) is 0. The van der Waals surface area contributed by atoms with Crippen molar-refractivity contribution in [2.75, 3.05) is 0 Å². The van der Waals surface area contributed by atoms with Crippen LogP contribution in [0, 0.1) is 17.3 Å². The van der Waals surface area contributed by atoms with Gasteiger partial charge in [-0.05, 0) is 76.5 Å². The molecule has 0 aromatic heterocycles. The Labute approximate surface area is 130 Å². The van der Waals surface area contributed by atoms with Gasteiger partial charge in [-0.3, -0.25) is 0 Å². The summed E-state index contributed by atoms with van der Waals surface area (Å²) in [6, 6.07) is 0.365. The van der Waals surface area contributed by atoms with Crippen LogP contribution < -0.4 is 5.73 Å². The zero-order valence-corrected chi connectivity index (χ0v) is 14.0. The van der Waals surface area contributed by atoms with Crippen molar-refractivity contribution in [2.45, 2.75) is 102 Å². The third-order valence-corrected chi connectivity index (χ3v) is 7.68. The highest BCUT2D eigenvalue weighted by Gasteiger charge is 2.58. The van der Waals surface area contributed by atoms with Gasteiger partial charge in [-0.25, -0.2) is 0 Å². The van der Waals surface area contributed by atoms with Gasteiger partial charge >= 0.3 is 0 Å².